The summed E-state index contributed by atoms with van der Waals surface area (Å²) >= 11 is 0. The van der Waals surface area contributed by atoms with Crippen molar-refractivity contribution in [3.63, 3.8) is 0 Å². The monoisotopic (exact) mass is 316 g/mol. The number of rotatable bonds is 6. The summed E-state index contributed by atoms with van der Waals surface area (Å²) < 4.78 is 0. The fourth-order valence-electron chi connectivity index (χ4n) is 3.10. The molecule has 0 bridgehead atoms. The van der Waals surface area contributed by atoms with Crippen LogP contribution in [0, 0.1) is 0 Å². The second-order valence-corrected chi connectivity index (χ2v) is 7.03. The zero-order chi connectivity index (χ0) is 16.0. The zero-order valence-electron chi connectivity index (χ0n) is 13.2. The van der Waals surface area contributed by atoms with Crippen LogP contribution in [0.4, 0.5) is 0 Å². The van der Waals surface area contributed by atoms with Gasteiger partial charge in [0.1, 0.15) is 0 Å². The molecule has 114 valence electrons. The molecule has 0 aliphatic carbocycles. The van der Waals surface area contributed by atoms with Gasteiger partial charge < -0.3 is 0 Å². The lowest BCUT2D eigenvalue weighted by Gasteiger charge is -2.36. The van der Waals surface area contributed by atoms with E-state index in [0.29, 0.717) is 8.58 Å². The van der Waals surface area contributed by atoms with Gasteiger partial charge >= 0.3 is 0 Å². The third-order valence-corrected chi connectivity index (χ3v) is 6.02. The lowest BCUT2D eigenvalue weighted by Crippen LogP contribution is -2.24. The molecule has 1 atom stereocenters. The van der Waals surface area contributed by atoms with Crippen molar-refractivity contribution >= 4 is 8.58 Å². The van der Waals surface area contributed by atoms with E-state index in [1.54, 1.807) is 0 Å². The molecule has 0 spiro atoms. The number of hydrogen-bond donors (Lipinski definition) is 0. The quantitative estimate of drug-likeness (QED) is 0.304. The first-order valence-electron chi connectivity index (χ1n) is 7.90. The minimum absolute atomic E-state index is 0.113. The fourth-order valence-corrected chi connectivity index (χ4v) is 4.66. The van der Waals surface area contributed by atoms with Gasteiger partial charge in [0.15, 0.2) is 0 Å². The Morgan fingerprint density at radius 1 is 0.652 bits per heavy atom. The SMILES string of the molecule is C=CCPC(c1ccccc1)(c1ccccc1)c1ccccc1. The largest absolute Gasteiger partial charge is 0.103 e. The Morgan fingerprint density at radius 2 is 1.00 bits per heavy atom. The van der Waals surface area contributed by atoms with Crippen molar-refractivity contribution in [3.8, 4) is 0 Å². The molecule has 3 rings (SSSR count). The average Bonchev–Trinajstić information content (AvgIpc) is 2.65. The molecule has 3 aromatic rings. The molecule has 0 saturated heterocycles. The molecule has 0 aromatic heterocycles. The number of hydrogen-bond acceptors (Lipinski definition) is 0. The van der Waals surface area contributed by atoms with Crippen molar-refractivity contribution in [2.75, 3.05) is 6.16 Å². The fraction of sp³-hybridized carbons (Fsp3) is 0.0909. The molecule has 0 radical (unpaired) electrons. The smallest absolute Gasteiger partial charge is 0.0622 e. The molecule has 0 aliphatic rings. The summed E-state index contributed by atoms with van der Waals surface area (Å²) in [7, 11) is 0.708. The standard InChI is InChI=1S/C22H21P/c1-2-18-23-22(19-12-6-3-7-13-19,20-14-8-4-9-15-20)21-16-10-5-11-17-21/h2-17,23H,1,18H2. The minimum atomic E-state index is -0.113. The normalized spacial score (nSPS) is 11.7. The van der Waals surface area contributed by atoms with Crippen molar-refractivity contribution in [2.45, 2.75) is 5.16 Å². The summed E-state index contributed by atoms with van der Waals surface area (Å²) in [6.45, 7) is 3.95. The van der Waals surface area contributed by atoms with Gasteiger partial charge in [0.2, 0.25) is 0 Å². The highest BCUT2D eigenvalue weighted by molar-refractivity contribution is 7.40. The Hall–Kier alpha value is -2.17. The van der Waals surface area contributed by atoms with Crippen LogP contribution in [-0.4, -0.2) is 6.16 Å². The van der Waals surface area contributed by atoms with E-state index in [9.17, 15) is 0 Å². The van der Waals surface area contributed by atoms with Crippen LogP contribution in [0.2, 0.25) is 0 Å². The van der Waals surface area contributed by atoms with Gasteiger partial charge in [0.25, 0.3) is 0 Å². The molecule has 23 heavy (non-hydrogen) atoms. The van der Waals surface area contributed by atoms with Crippen molar-refractivity contribution in [3.05, 3.63) is 120 Å². The maximum Gasteiger partial charge on any atom is 0.0622 e. The predicted molar refractivity (Wildman–Crippen MR) is 103 cm³/mol. The highest BCUT2D eigenvalue weighted by atomic mass is 31.1. The van der Waals surface area contributed by atoms with Gasteiger partial charge in [-0.3, -0.25) is 0 Å². The van der Waals surface area contributed by atoms with Crippen LogP contribution in [0.1, 0.15) is 16.7 Å². The maximum absolute atomic E-state index is 3.95. The molecule has 0 N–H and O–H groups in total. The van der Waals surface area contributed by atoms with Gasteiger partial charge in [-0.1, -0.05) is 106 Å². The molecule has 1 unspecified atom stereocenters. The Bertz CT molecular complexity index is 636. The lowest BCUT2D eigenvalue weighted by atomic mass is 9.84. The van der Waals surface area contributed by atoms with Gasteiger partial charge in [0.05, 0.1) is 5.16 Å². The first-order chi connectivity index (χ1) is 11.4. The van der Waals surface area contributed by atoms with Gasteiger partial charge in [-0.15, -0.1) is 6.58 Å². The molecule has 0 nitrogen and oxygen atoms in total. The zero-order valence-corrected chi connectivity index (χ0v) is 14.2. The molecule has 3 aromatic carbocycles. The molecule has 0 heterocycles. The van der Waals surface area contributed by atoms with E-state index in [0.717, 1.165) is 6.16 Å². The Labute approximate surface area is 140 Å². The number of allylic oxidation sites excluding steroid dienone is 1. The van der Waals surface area contributed by atoms with Crippen LogP contribution < -0.4 is 0 Å². The Kier molecular flexibility index (Phi) is 5.05. The highest BCUT2D eigenvalue weighted by Gasteiger charge is 2.35. The maximum atomic E-state index is 3.95. The van der Waals surface area contributed by atoms with Crippen molar-refractivity contribution < 1.29 is 0 Å². The van der Waals surface area contributed by atoms with Gasteiger partial charge in [0, 0.05) is 0 Å². The van der Waals surface area contributed by atoms with Crippen LogP contribution in [0.3, 0.4) is 0 Å². The first kappa shape index (κ1) is 15.7. The third kappa shape index (κ3) is 3.14. The molecule has 0 amide bonds. The predicted octanol–water partition coefficient (Wildman–Crippen LogP) is 5.84. The first-order valence-corrected chi connectivity index (χ1v) is 9.11. The van der Waals surface area contributed by atoms with Crippen molar-refractivity contribution in [1.82, 2.24) is 0 Å². The third-order valence-electron chi connectivity index (χ3n) is 4.13. The minimum Gasteiger partial charge on any atom is -0.103 e. The second-order valence-electron chi connectivity index (χ2n) is 5.52. The van der Waals surface area contributed by atoms with E-state index in [4.69, 9.17) is 0 Å². The molecule has 0 saturated carbocycles. The van der Waals surface area contributed by atoms with Gasteiger partial charge in [-0.05, 0) is 22.9 Å². The van der Waals surface area contributed by atoms with E-state index in [-0.39, 0.29) is 5.16 Å². The topological polar surface area (TPSA) is 0 Å². The Balaban J connectivity index is 2.27. The van der Waals surface area contributed by atoms with Crippen molar-refractivity contribution in [2.24, 2.45) is 0 Å². The van der Waals surface area contributed by atoms with Crippen LogP contribution >= 0.6 is 8.58 Å². The van der Waals surface area contributed by atoms with E-state index < -0.39 is 0 Å². The Morgan fingerprint density at radius 3 is 1.30 bits per heavy atom. The molecular weight excluding hydrogens is 295 g/mol. The van der Waals surface area contributed by atoms with Gasteiger partial charge in [-0.25, -0.2) is 0 Å². The van der Waals surface area contributed by atoms with Crippen LogP contribution in [0.15, 0.2) is 104 Å². The summed E-state index contributed by atoms with van der Waals surface area (Å²) in [4.78, 5) is 0. The van der Waals surface area contributed by atoms with Gasteiger partial charge in [-0.2, -0.15) is 0 Å². The lowest BCUT2D eigenvalue weighted by molar-refractivity contribution is 0.886. The van der Waals surface area contributed by atoms with Crippen LogP contribution in [0.25, 0.3) is 0 Å². The molecule has 0 aliphatic heterocycles. The molecule has 0 fully saturated rings. The highest BCUT2D eigenvalue weighted by Crippen LogP contribution is 2.52. The summed E-state index contributed by atoms with van der Waals surface area (Å²) in [5, 5.41) is -0.113. The summed E-state index contributed by atoms with van der Waals surface area (Å²) in [5.74, 6) is 0. The van der Waals surface area contributed by atoms with Crippen LogP contribution in [-0.2, 0) is 5.16 Å². The summed E-state index contributed by atoms with van der Waals surface area (Å²) in [5.41, 5.74) is 4.03. The van der Waals surface area contributed by atoms with E-state index in [1.165, 1.54) is 16.7 Å². The van der Waals surface area contributed by atoms with E-state index in [1.807, 2.05) is 6.08 Å². The van der Waals surface area contributed by atoms with E-state index in [2.05, 4.69) is 97.6 Å². The second kappa shape index (κ2) is 7.40. The molecule has 1 heteroatoms. The van der Waals surface area contributed by atoms with Crippen LogP contribution in [0.5, 0.6) is 0 Å². The average molecular weight is 316 g/mol. The summed E-state index contributed by atoms with van der Waals surface area (Å²) in [6, 6.07) is 32.5. The number of benzene rings is 3. The molecular formula is C22H21P. The van der Waals surface area contributed by atoms with E-state index >= 15 is 0 Å². The van der Waals surface area contributed by atoms with Crippen molar-refractivity contribution in [1.29, 1.82) is 0 Å². The summed E-state index contributed by atoms with van der Waals surface area (Å²) in [6.07, 6.45) is 3.03.